The van der Waals surface area contributed by atoms with E-state index >= 15 is 0 Å². The summed E-state index contributed by atoms with van der Waals surface area (Å²) in [6, 6.07) is 1.67. The number of sulfonamides is 1. The van der Waals surface area contributed by atoms with Crippen molar-refractivity contribution in [3.63, 3.8) is 0 Å². The van der Waals surface area contributed by atoms with Crippen LogP contribution >= 0.6 is 27.3 Å². The van der Waals surface area contributed by atoms with Gasteiger partial charge in [-0.3, -0.25) is 4.68 Å². The Bertz CT molecular complexity index is 710. The van der Waals surface area contributed by atoms with Crippen molar-refractivity contribution < 1.29 is 8.42 Å². The number of nitrogens with zero attached hydrogens (tertiary/aromatic N) is 3. The number of hydrogen-bond acceptors (Lipinski definition) is 6. The van der Waals surface area contributed by atoms with E-state index in [1.165, 1.54) is 22.3 Å². The lowest BCUT2D eigenvalue weighted by molar-refractivity contribution is 0.578. The lowest BCUT2D eigenvalue weighted by atomic mass is 10.4. The first kappa shape index (κ1) is 16.6. The van der Waals surface area contributed by atoms with Crippen LogP contribution in [0.4, 0.5) is 0 Å². The minimum absolute atomic E-state index is 0.0635. The van der Waals surface area contributed by atoms with Crippen molar-refractivity contribution in [3.05, 3.63) is 26.9 Å². The van der Waals surface area contributed by atoms with Crippen LogP contribution in [0.25, 0.3) is 0 Å². The molecule has 0 aliphatic rings. The predicted octanol–water partition coefficient (Wildman–Crippen LogP) is 1.23. The Balaban J connectivity index is 2.09. The maximum absolute atomic E-state index is 12.3. The normalized spacial score (nSPS) is 12.0. The zero-order chi connectivity index (χ0) is 15.5. The van der Waals surface area contributed by atoms with Crippen LogP contribution in [-0.4, -0.2) is 29.7 Å². The Kier molecular flexibility index (Phi) is 5.49. The molecule has 0 unspecified atom stereocenters. The zero-order valence-electron chi connectivity index (χ0n) is 11.6. The van der Waals surface area contributed by atoms with Crippen LogP contribution < -0.4 is 10.0 Å². The maximum Gasteiger partial charge on any atom is 0.242 e. The predicted molar refractivity (Wildman–Crippen MR) is 84.4 cm³/mol. The van der Waals surface area contributed by atoms with Gasteiger partial charge in [0.05, 0.1) is 10.3 Å². The second-order valence-corrected chi connectivity index (χ2v) is 8.48. The Morgan fingerprint density at radius 1 is 1.43 bits per heavy atom. The van der Waals surface area contributed by atoms with E-state index in [1.54, 1.807) is 13.1 Å². The van der Waals surface area contributed by atoms with Crippen molar-refractivity contribution >= 4 is 37.3 Å². The molecule has 2 aromatic rings. The molecule has 2 rings (SSSR count). The monoisotopic (exact) mass is 393 g/mol. The van der Waals surface area contributed by atoms with Gasteiger partial charge >= 0.3 is 0 Å². The standard InChI is InChI=1S/C11H16BrN5O2S2/c1-3-13-5-8-4-9(11(12)20-8)21(18,19)15-6-10-14-7-17(2)16-10/h4,7,13,15H,3,5-6H2,1-2H3. The van der Waals surface area contributed by atoms with Gasteiger partial charge in [0.1, 0.15) is 11.2 Å². The van der Waals surface area contributed by atoms with Crippen LogP contribution in [0, 0.1) is 0 Å². The SMILES string of the molecule is CCNCc1cc(S(=O)(=O)NCc2ncn(C)n2)c(Br)s1. The molecule has 116 valence electrons. The molecule has 7 nitrogen and oxygen atoms in total. The summed E-state index contributed by atoms with van der Waals surface area (Å²) in [5.41, 5.74) is 0. The van der Waals surface area contributed by atoms with E-state index in [1.807, 2.05) is 6.92 Å². The summed E-state index contributed by atoms with van der Waals surface area (Å²) in [6.07, 6.45) is 1.53. The summed E-state index contributed by atoms with van der Waals surface area (Å²) in [7, 11) is -1.86. The van der Waals surface area contributed by atoms with Crippen LogP contribution in [0.5, 0.6) is 0 Å². The van der Waals surface area contributed by atoms with Crippen molar-refractivity contribution in [1.29, 1.82) is 0 Å². The lowest BCUT2D eigenvalue weighted by Gasteiger charge is -2.03. The molecule has 21 heavy (non-hydrogen) atoms. The van der Waals surface area contributed by atoms with Crippen LogP contribution in [0.3, 0.4) is 0 Å². The summed E-state index contributed by atoms with van der Waals surface area (Å²) in [5, 5.41) is 7.20. The molecule has 0 bridgehead atoms. The molecule has 2 heterocycles. The van der Waals surface area contributed by atoms with E-state index in [4.69, 9.17) is 0 Å². The molecule has 10 heteroatoms. The molecule has 0 atom stereocenters. The first-order valence-electron chi connectivity index (χ1n) is 6.25. The molecular formula is C11H16BrN5O2S2. The maximum atomic E-state index is 12.3. The van der Waals surface area contributed by atoms with Gasteiger partial charge in [-0.1, -0.05) is 6.92 Å². The van der Waals surface area contributed by atoms with E-state index in [2.05, 4.69) is 36.1 Å². The van der Waals surface area contributed by atoms with Gasteiger partial charge in [-0.15, -0.1) is 11.3 Å². The molecule has 0 aliphatic carbocycles. The van der Waals surface area contributed by atoms with E-state index in [9.17, 15) is 8.42 Å². The van der Waals surface area contributed by atoms with Crippen LogP contribution in [0.1, 0.15) is 17.6 Å². The second-order valence-electron chi connectivity index (χ2n) is 4.29. The number of thiophene rings is 1. The average Bonchev–Trinajstić information content (AvgIpc) is 3.00. The van der Waals surface area contributed by atoms with E-state index in [0.29, 0.717) is 16.2 Å². The van der Waals surface area contributed by atoms with Crippen molar-refractivity contribution in [1.82, 2.24) is 24.8 Å². The lowest BCUT2D eigenvalue weighted by Crippen LogP contribution is -2.23. The summed E-state index contributed by atoms with van der Waals surface area (Å²) < 4.78 is 29.2. The average molecular weight is 394 g/mol. The number of halogens is 1. The summed E-state index contributed by atoms with van der Waals surface area (Å²) in [6.45, 7) is 3.55. The smallest absolute Gasteiger partial charge is 0.242 e. The van der Waals surface area contributed by atoms with Gasteiger partial charge in [-0.2, -0.15) is 5.10 Å². The van der Waals surface area contributed by atoms with Crippen molar-refractivity contribution in [2.75, 3.05) is 6.54 Å². The van der Waals surface area contributed by atoms with Crippen molar-refractivity contribution in [2.24, 2.45) is 7.05 Å². The fourth-order valence-electron chi connectivity index (χ4n) is 1.62. The van der Waals surface area contributed by atoms with Gasteiger partial charge < -0.3 is 5.32 Å². The molecule has 0 fully saturated rings. The fraction of sp³-hybridized carbons (Fsp3) is 0.455. The van der Waals surface area contributed by atoms with Gasteiger partial charge in [0.15, 0.2) is 5.82 Å². The molecule has 0 saturated carbocycles. The van der Waals surface area contributed by atoms with Gasteiger partial charge in [0.25, 0.3) is 0 Å². The Labute approximate surface area is 136 Å². The highest BCUT2D eigenvalue weighted by molar-refractivity contribution is 9.11. The molecule has 0 amide bonds. The van der Waals surface area contributed by atoms with E-state index < -0.39 is 10.0 Å². The second kappa shape index (κ2) is 6.97. The number of nitrogens with one attached hydrogen (secondary N) is 2. The zero-order valence-corrected chi connectivity index (χ0v) is 14.8. The third kappa shape index (κ3) is 4.33. The molecule has 0 radical (unpaired) electrons. The Morgan fingerprint density at radius 2 is 2.19 bits per heavy atom. The minimum Gasteiger partial charge on any atom is -0.312 e. The van der Waals surface area contributed by atoms with Gasteiger partial charge in [0, 0.05) is 18.5 Å². The molecule has 0 spiro atoms. The topological polar surface area (TPSA) is 88.9 Å². The third-order valence-corrected chi connectivity index (χ3v) is 6.27. The third-order valence-electron chi connectivity index (χ3n) is 2.61. The highest BCUT2D eigenvalue weighted by Gasteiger charge is 2.21. The highest BCUT2D eigenvalue weighted by atomic mass is 79.9. The van der Waals surface area contributed by atoms with Gasteiger partial charge in [-0.25, -0.2) is 18.1 Å². The summed E-state index contributed by atoms with van der Waals surface area (Å²) in [4.78, 5) is 5.19. The highest BCUT2D eigenvalue weighted by Crippen LogP contribution is 2.31. The van der Waals surface area contributed by atoms with Crippen LogP contribution in [0.15, 0.2) is 21.1 Å². The van der Waals surface area contributed by atoms with Gasteiger partial charge in [-0.05, 0) is 28.5 Å². The first-order chi connectivity index (χ1) is 9.92. The quantitative estimate of drug-likeness (QED) is 0.738. The molecular weight excluding hydrogens is 378 g/mol. The molecule has 0 aliphatic heterocycles. The fourth-order valence-corrected chi connectivity index (χ4v) is 5.25. The van der Waals surface area contributed by atoms with Crippen LogP contribution in [0.2, 0.25) is 0 Å². The Hall–Kier alpha value is -0.810. The summed E-state index contributed by atoms with van der Waals surface area (Å²) >= 11 is 4.72. The molecule has 0 aromatic carbocycles. The van der Waals surface area contributed by atoms with Crippen LogP contribution in [-0.2, 0) is 30.2 Å². The molecule has 0 saturated heterocycles. The molecule has 2 aromatic heterocycles. The number of rotatable bonds is 7. The number of aryl methyl sites for hydroxylation is 1. The Morgan fingerprint density at radius 3 is 2.81 bits per heavy atom. The largest absolute Gasteiger partial charge is 0.312 e. The van der Waals surface area contributed by atoms with Gasteiger partial charge in [0.2, 0.25) is 10.0 Å². The van der Waals surface area contributed by atoms with E-state index in [0.717, 1.165) is 11.4 Å². The minimum atomic E-state index is -3.59. The number of hydrogen-bond donors (Lipinski definition) is 2. The molecule has 2 N–H and O–H groups in total. The van der Waals surface area contributed by atoms with E-state index in [-0.39, 0.29) is 11.4 Å². The first-order valence-corrected chi connectivity index (χ1v) is 9.34. The summed E-state index contributed by atoms with van der Waals surface area (Å²) in [5.74, 6) is 0.431. The number of aromatic nitrogens is 3. The van der Waals surface area contributed by atoms with Crippen molar-refractivity contribution in [2.45, 2.75) is 24.9 Å². The van der Waals surface area contributed by atoms with Crippen molar-refractivity contribution in [3.8, 4) is 0 Å².